The van der Waals surface area contributed by atoms with Crippen molar-refractivity contribution in [1.82, 2.24) is 0 Å². The second-order valence-corrected chi connectivity index (χ2v) is 4.22. The summed E-state index contributed by atoms with van der Waals surface area (Å²) >= 11 is 0. The molecule has 2 rings (SSSR count). The fourth-order valence-electron chi connectivity index (χ4n) is 2.10. The molecule has 1 aliphatic heterocycles. The van der Waals surface area contributed by atoms with Gasteiger partial charge in [-0.15, -0.1) is 0 Å². The van der Waals surface area contributed by atoms with Crippen molar-refractivity contribution in [3.8, 4) is 0 Å². The van der Waals surface area contributed by atoms with Gasteiger partial charge < -0.3 is 15.7 Å². The largest absolute Gasteiger partial charge is 0.398 e. The third-order valence-electron chi connectivity index (χ3n) is 2.98. The molecule has 82 valence electrons. The van der Waals surface area contributed by atoms with Gasteiger partial charge in [-0.1, -0.05) is 6.07 Å². The topological polar surface area (TPSA) is 49.5 Å². The van der Waals surface area contributed by atoms with E-state index in [2.05, 4.69) is 11.0 Å². The summed E-state index contributed by atoms with van der Waals surface area (Å²) in [7, 11) is 0. The molecule has 0 radical (unpaired) electrons. The Morgan fingerprint density at radius 1 is 1.53 bits per heavy atom. The maximum absolute atomic E-state index is 9.26. The van der Waals surface area contributed by atoms with Crippen LogP contribution in [-0.2, 0) is 6.42 Å². The fourth-order valence-corrected chi connectivity index (χ4v) is 2.10. The summed E-state index contributed by atoms with van der Waals surface area (Å²) in [6.07, 6.45) is 1.62. The number of rotatable bonds is 3. The van der Waals surface area contributed by atoms with Crippen molar-refractivity contribution in [2.45, 2.75) is 25.9 Å². The highest BCUT2D eigenvalue weighted by Gasteiger charge is 2.20. The van der Waals surface area contributed by atoms with E-state index >= 15 is 0 Å². The van der Waals surface area contributed by atoms with E-state index < -0.39 is 0 Å². The summed E-state index contributed by atoms with van der Waals surface area (Å²) in [5.74, 6) is 0. The Morgan fingerprint density at radius 3 is 3.07 bits per heavy atom. The van der Waals surface area contributed by atoms with E-state index in [1.807, 2.05) is 19.1 Å². The average Bonchev–Trinajstić information content (AvgIpc) is 2.59. The minimum atomic E-state index is -0.227. The number of nitrogens with zero attached hydrogens (tertiary/aromatic N) is 1. The van der Waals surface area contributed by atoms with Crippen LogP contribution in [0, 0.1) is 0 Å². The van der Waals surface area contributed by atoms with Crippen LogP contribution in [0.1, 0.15) is 18.9 Å². The molecule has 15 heavy (non-hydrogen) atoms. The molecular formula is C12H18N2O. The third kappa shape index (κ3) is 2.07. The quantitative estimate of drug-likeness (QED) is 0.735. The van der Waals surface area contributed by atoms with Crippen molar-refractivity contribution in [3.05, 3.63) is 23.8 Å². The molecule has 0 saturated heterocycles. The van der Waals surface area contributed by atoms with Crippen molar-refractivity contribution >= 4 is 11.4 Å². The Labute approximate surface area is 90.5 Å². The first-order valence-electron chi connectivity index (χ1n) is 5.49. The lowest BCUT2D eigenvalue weighted by Crippen LogP contribution is -2.24. The zero-order valence-electron chi connectivity index (χ0n) is 9.11. The number of aliphatic hydroxyl groups excluding tert-OH is 1. The van der Waals surface area contributed by atoms with Crippen molar-refractivity contribution in [2.75, 3.05) is 23.7 Å². The highest BCUT2D eigenvalue weighted by Crippen LogP contribution is 2.31. The Balaban J connectivity index is 2.11. The molecule has 1 aromatic rings. The minimum Gasteiger partial charge on any atom is -0.398 e. The van der Waals surface area contributed by atoms with Gasteiger partial charge in [-0.25, -0.2) is 0 Å². The van der Waals surface area contributed by atoms with Gasteiger partial charge in [0.1, 0.15) is 0 Å². The van der Waals surface area contributed by atoms with Crippen LogP contribution in [0.15, 0.2) is 18.2 Å². The maximum Gasteiger partial charge on any atom is 0.0528 e. The van der Waals surface area contributed by atoms with Gasteiger partial charge in [-0.3, -0.25) is 0 Å². The number of aliphatic hydroxyl groups is 1. The predicted molar refractivity (Wildman–Crippen MR) is 63.1 cm³/mol. The molecular weight excluding hydrogens is 188 g/mol. The van der Waals surface area contributed by atoms with Gasteiger partial charge >= 0.3 is 0 Å². The first-order valence-corrected chi connectivity index (χ1v) is 5.49. The lowest BCUT2D eigenvalue weighted by atomic mass is 10.1. The standard InChI is InChI=1S/C12H18N2O/c1-9(15)5-7-14-8-6-10-11(13)3-2-4-12(10)14/h2-4,9,15H,5-8,13H2,1H3. The number of nitrogen functional groups attached to an aromatic ring is 1. The number of hydrogen-bond acceptors (Lipinski definition) is 3. The lowest BCUT2D eigenvalue weighted by molar-refractivity contribution is 0.186. The Hall–Kier alpha value is -1.22. The molecule has 0 spiro atoms. The molecule has 1 aromatic carbocycles. The molecule has 0 bridgehead atoms. The highest BCUT2D eigenvalue weighted by atomic mass is 16.3. The molecule has 3 heteroatoms. The molecule has 0 saturated carbocycles. The monoisotopic (exact) mass is 206 g/mol. The molecule has 1 heterocycles. The van der Waals surface area contributed by atoms with E-state index in [1.165, 1.54) is 11.3 Å². The zero-order chi connectivity index (χ0) is 10.8. The SMILES string of the molecule is CC(O)CCN1CCc2c(N)cccc21. The highest BCUT2D eigenvalue weighted by molar-refractivity contribution is 5.68. The van der Waals surface area contributed by atoms with E-state index in [9.17, 15) is 5.11 Å². The normalized spacial score (nSPS) is 16.5. The second kappa shape index (κ2) is 4.11. The minimum absolute atomic E-state index is 0.227. The molecule has 0 fully saturated rings. The number of benzene rings is 1. The van der Waals surface area contributed by atoms with Crippen LogP contribution < -0.4 is 10.6 Å². The molecule has 3 N–H and O–H groups in total. The van der Waals surface area contributed by atoms with Crippen LogP contribution in [0.25, 0.3) is 0 Å². The molecule has 1 atom stereocenters. The summed E-state index contributed by atoms with van der Waals surface area (Å²) in [5, 5.41) is 9.26. The molecule has 0 aromatic heterocycles. The van der Waals surface area contributed by atoms with Crippen LogP contribution >= 0.6 is 0 Å². The number of hydrogen-bond donors (Lipinski definition) is 2. The van der Waals surface area contributed by atoms with Gasteiger partial charge in [0, 0.05) is 30.0 Å². The van der Waals surface area contributed by atoms with Gasteiger partial charge in [-0.2, -0.15) is 0 Å². The van der Waals surface area contributed by atoms with E-state index in [-0.39, 0.29) is 6.10 Å². The second-order valence-electron chi connectivity index (χ2n) is 4.22. The number of nitrogens with two attached hydrogens (primary N) is 1. The Morgan fingerprint density at radius 2 is 2.33 bits per heavy atom. The Kier molecular flexibility index (Phi) is 2.82. The van der Waals surface area contributed by atoms with Crippen molar-refractivity contribution < 1.29 is 5.11 Å². The van der Waals surface area contributed by atoms with Crippen molar-refractivity contribution in [3.63, 3.8) is 0 Å². The van der Waals surface area contributed by atoms with Gasteiger partial charge in [0.05, 0.1) is 6.10 Å². The summed E-state index contributed by atoms with van der Waals surface area (Å²) in [5.41, 5.74) is 9.32. The smallest absolute Gasteiger partial charge is 0.0528 e. The summed E-state index contributed by atoms with van der Waals surface area (Å²) in [6.45, 7) is 3.76. The van der Waals surface area contributed by atoms with E-state index in [1.54, 1.807) is 0 Å². The summed E-state index contributed by atoms with van der Waals surface area (Å²) < 4.78 is 0. The van der Waals surface area contributed by atoms with Gasteiger partial charge in [-0.05, 0) is 31.9 Å². The summed E-state index contributed by atoms with van der Waals surface area (Å²) in [4.78, 5) is 2.30. The molecule has 3 nitrogen and oxygen atoms in total. The van der Waals surface area contributed by atoms with Crippen molar-refractivity contribution in [1.29, 1.82) is 0 Å². The van der Waals surface area contributed by atoms with Gasteiger partial charge in [0.2, 0.25) is 0 Å². The van der Waals surface area contributed by atoms with Crippen LogP contribution in [0.2, 0.25) is 0 Å². The van der Waals surface area contributed by atoms with E-state index in [0.717, 1.165) is 31.6 Å². The predicted octanol–water partition coefficient (Wildman–Crippen LogP) is 1.40. The van der Waals surface area contributed by atoms with E-state index in [4.69, 9.17) is 5.73 Å². The third-order valence-corrected chi connectivity index (χ3v) is 2.98. The fraction of sp³-hybridized carbons (Fsp3) is 0.500. The summed E-state index contributed by atoms with van der Waals surface area (Å²) in [6, 6.07) is 6.06. The van der Waals surface area contributed by atoms with Gasteiger partial charge in [0.15, 0.2) is 0 Å². The molecule has 0 amide bonds. The molecule has 1 aliphatic rings. The van der Waals surface area contributed by atoms with Crippen LogP contribution in [0.5, 0.6) is 0 Å². The molecule has 1 unspecified atom stereocenters. The molecule has 0 aliphatic carbocycles. The zero-order valence-corrected chi connectivity index (χ0v) is 9.11. The lowest BCUT2D eigenvalue weighted by Gasteiger charge is -2.20. The number of fused-ring (bicyclic) bond motifs is 1. The van der Waals surface area contributed by atoms with Gasteiger partial charge in [0.25, 0.3) is 0 Å². The van der Waals surface area contributed by atoms with E-state index in [0.29, 0.717) is 0 Å². The Bertz CT molecular complexity index is 349. The maximum atomic E-state index is 9.26. The van der Waals surface area contributed by atoms with Crippen LogP contribution in [0.3, 0.4) is 0 Å². The first-order chi connectivity index (χ1) is 7.18. The first kappa shape index (κ1) is 10.3. The van der Waals surface area contributed by atoms with Crippen LogP contribution in [0.4, 0.5) is 11.4 Å². The van der Waals surface area contributed by atoms with Crippen molar-refractivity contribution in [2.24, 2.45) is 0 Å². The van der Waals surface area contributed by atoms with Crippen LogP contribution in [-0.4, -0.2) is 24.3 Å². The average molecular weight is 206 g/mol. The number of anilines is 2.